The highest BCUT2D eigenvalue weighted by atomic mass is 32.1. The summed E-state index contributed by atoms with van der Waals surface area (Å²) in [5, 5.41) is 20.7. The molecule has 0 radical (unpaired) electrons. The van der Waals surface area contributed by atoms with Gasteiger partial charge in [-0.25, -0.2) is 0 Å². The van der Waals surface area contributed by atoms with Crippen LogP contribution in [0.2, 0.25) is 0 Å². The van der Waals surface area contributed by atoms with Crippen LogP contribution in [0.25, 0.3) is 0 Å². The van der Waals surface area contributed by atoms with E-state index in [4.69, 9.17) is 17.3 Å². The van der Waals surface area contributed by atoms with Crippen LogP contribution in [-0.2, 0) is 6.61 Å². The lowest BCUT2D eigenvalue weighted by Gasteiger charge is -2.00. The molecular weight excluding hydrogens is 177 g/mol. The van der Waals surface area contributed by atoms with Crippen LogP contribution in [0.3, 0.4) is 0 Å². The van der Waals surface area contributed by atoms with Gasteiger partial charge in [0.1, 0.15) is 6.61 Å². The second-order valence-electron chi connectivity index (χ2n) is 1.97. The maximum atomic E-state index is 8.63. The summed E-state index contributed by atoms with van der Waals surface area (Å²) in [5.74, 6) is 0.745. The van der Waals surface area contributed by atoms with Crippen LogP contribution >= 0.6 is 12.2 Å². The SMILES string of the molecule is BNC(=S)Nc1n[nH]c(CO)n1. The predicted octanol–water partition coefficient (Wildman–Crippen LogP) is -1.87. The maximum Gasteiger partial charge on any atom is 0.248 e. The second kappa shape index (κ2) is 4.03. The van der Waals surface area contributed by atoms with Crippen LogP contribution in [0.5, 0.6) is 0 Å². The van der Waals surface area contributed by atoms with E-state index in [2.05, 4.69) is 25.7 Å². The van der Waals surface area contributed by atoms with Crippen molar-refractivity contribution in [2.75, 3.05) is 5.32 Å². The van der Waals surface area contributed by atoms with Crippen LogP contribution < -0.4 is 10.5 Å². The van der Waals surface area contributed by atoms with E-state index in [0.29, 0.717) is 16.9 Å². The Labute approximate surface area is 75.2 Å². The highest BCUT2D eigenvalue weighted by Gasteiger charge is 2.01. The third-order valence-corrected chi connectivity index (χ3v) is 1.44. The van der Waals surface area contributed by atoms with Gasteiger partial charge in [0.2, 0.25) is 13.9 Å². The summed E-state index contributed by atoms with van der Waals surface area (Å²) in [6.45, 7) is -0.166. The van der Waals surface area contributed by atoms with Gasteiger partial charge in [0.25, 0.3) is 0 Å². The molecule has 0 unspecified atom stereocenters. The number of nitrogens with one attached hydrogen (secondary N) is 3. The first-order valence-electron chi connectivity index (χ1n) is 3.27. The molecule has 1 rings (SSSR count). The number of hydrogen-bond acceptors (Lipinski definition) is 4. The highest BCUT2D eigenvalue weighted by molar-refractivity contribution is 7.80. The number of aliphatic hydroxyl groups excluding tert-OH is 1. The van der Waals surface area contributed by atoms with Crippen LogP contribution in [-0.4, -0.2) is 33.4 Å². The molecule has 0 fully saturated rings. The van der Waals surface area contributed by atoms with Gasteiger partial charge in [0, 0.05) is 0 Å². The van der Waals surface area contributed by atoms with E-state index in [1.165, 1.54) is 0 Å². The Hall–Kier alpha value is -1.15. The summed E-state index contributed by atoms with van der Waals surface area (Å²) in [7, 11) is 1.69. The molecule has 1 aromatic heterocycles. The Morgan fingerprint density at radius 2 is 2.50 bits per heavy atom. The topological polar surface area (TPSA) is 85.9 Å². The largest absolute Gasteiger partial charge is 0.412 e. The van der Waals surface area contributed by atoms with Crippen molar-refractivity contribution in [2.24, 2.45) is 0 Å². The number of hydrogen-bond donors (Lipinski definition) is 4. The molecule has 0 amide bonds. The molecule has 0 saturated carbocycles. The molecule has 4 N–H and O–H groups in total. The van der Waals surface area contributed by atoms with Crippen LogP contribution in [0, 0.1) is 0 Å². The van der Waals surface area contributed by atoms with E-state index in [9.17, 15) is 0 Å². The fourth-order valence-corrected chi connectivity index (χ4v) is 0.677. The number of rotatable bonds is 2. The molecule has 0 saturated heterocycles. The van der Waals surface area contributed by atoms with Crippen molar-refractivity contribution in [1.82, 2.24) is 20.4 Å². The molecule has 12 heavy (non-hydrogen) atoms. The molecule has 0 spiro atoms. The van der Waals surface area contributed by atoms with Crippen molar-refractivity contribution in [3.8, 4) is 0 Å². The lowest BCUT2D eigenvalue weighted by atomic mass is 10.4. The lowest BCUT2D eigenvalue weighted by molar-refractivity contribution is 0.272. The molecule has 0 atom stereocenters. The van der Waals surface area contributed by atoms with Crippen molar-refractivity contribution in [2.45, 2.75) is 6.61 Å². The molecule has 6 nitrogen and oxygen atoms in total. The quantitative estimate of drug-likeness (QED) is 0.319. The number of aliphatic hydroxyl groups is 1. The fraction of sp³-hybridized carbons (Fsp3) is 0.250. The zero-order valence-corrected chi connectivity index (χ0v) is 7.27. The van der Waals surface area contributed by atoms with Gasteiger partial charge in [-0.2, -0.15) is 4.98 Å². The Bertz CT molecular complexity index is 276. The molecule has 64 valence electrons. The predicted molar refractivity (Wildman–Crippen MR) is 50.2 cm³/mol. The molecule has 1 heterocycles. The van der Waals surface area contributed by atoms with E-state index < -0.39 is 0 Å². The van der Waals surface area contributed by atoms with Crippen molar-refractivity contribution in [1.29, 1.82) is 0 Å². The average Bonchev–Trinajstić information content (AvgIpc) is 2.52. The minimum Gasteiger partial charge on any atom is -0.412 e. The first-order valence-corrected chi connectivity index (χ1v) is 3.68. The van der Waals surface area contributed by atoms with E-state index in [1.54, 1.807) is 7.98 Å². The lowest BCUT2D eigenvalue weighted by Crippen LogP contribution is -2.26. The summed E-state index contributed by atoms with van der Waals surface area (Å²) < 4.78 is 0. The molecule has 0 aromatic carbocycles. The number of thiocarbonyl (C=S) groups is 1. The summed E-state index contributed by atoms with van der Waals surface area (Å²) in [4.78, 5) is 3.86. The Balaban J connectivity index is 2.58. The standard InChI is InChI=1S/C4H8BN5OS/c5-8-4(12)7-3-6-2(1-11)9-10-3/h11H,1,5H2,(H3,6,7,8,9,10,12). The maximum absolute atomic E-state index is 8.63. The summed E-state index contributed by atoms with van der Waals surface area (Å²) in [5.41, 5.74) is 0. The Morgan fingerprint density at radius 3 is 3.00 bits per heavy atom. The first kappa shape index (κ1) is 8.95. The van der Waals surface area contributed by atoms with Gasteiger partial charge in [-0.15, -0.1) is 5.10 Å². The van der Waals surface area contributed by atoms with Crippen molar-refractivity contribution in [3.05, 3.63) is 5.82 Å². The van der Waals surface area contributed by atoms with E-state index in [0.717, 1.165) is 0 Å². The van der Waals surface area contributed by atoms with E-state index in [-0.39, 0.29) is 6.61 Å². The molecular formula is C4H8BN5OS. The summed E-state index contributed by atoms with van der Waals surface area (Å²) in [6, 6.07) is 0. The normalized spacial score (nSPS) is 9.42. The van der Waals surface area contributed by atoms with Crippen molar-refractivity contribution in [3.63, 3.8) is 0 Å². The monoisotopic (exact) mass is 185 g/mol. The molecule has 1 aromatic rings. The second-order valence-corrected chi connectivity index (χ2v) is 2.38. The Morgan fingerprint density at radius 1 is 1.75 bits per heavy atom. The summed E-state index contributed by atoms with van der Waals surface area (Å²) in [6.07, 6.45) is 0. The van der Waals surface area contributed by atoms with Gasteiger partial charge in [-0.05, 0) is 12.2 Å². The van der Waals surface area contributed by atoms with Gasteiger partial charge in [0.15, 0.2) is 10.9 Å². The summed E-state index contributed by atoms with van der Waals surface area (Å²) >= 11 is 4.80. The van der Waals surface area contributed by atoms with Crippen LogP contribution in [0.4, 0.5) is 5.95 Å². The number of nitrogens with zero attached hydrogens (tertiary/aromatic N) is 2. The minimum atomic E-state index is -0.166. The Kier molecular flexibility index (Phi) is 3.00. The van der Waals surface area contributed by atoms with Crippen LogP contribution in [0.15, 0.2) is 0 Å². The number of H-pyrrole nitrogens is 1. The zero-order valence-electron chi connectivity index (χ0n) is 6.46. The zero-order chi connectivity index (χ0) is 8.97. The number of anilines is 1. The van der Waals surface area contributed by atoms with Gasteiger partial charge in [-0.3, -0.25) is 5.10 Å². The first-order chi connectivity index (χ1) is 5.76. The fourth-order valence-electron chi connectivity index (χ4n) is 0.586. The minimum absolute atomic E-state index is 0.166. The number of aromatic nitrogens is 3. The average molecular weight is 185 g/mol. The molecule has 0 aliphatic carbocycles. The van der Waals surface area contributed by atoms with Crippen molar-refractivity contribution < 1.29 is 5.11 Å². The van der Waals surface area contributed by atoms with Crippen LogP contribution in [0.1, 0.15) is 5.82 Å². The smallest absolute Gasteiger partial charge is 0.248 e. The molecule has 0 bridgehead atoms. The number of aromatic amines is 1. The van der Waals surface area contributed by atoms with Gasteiger partial charge >= 0.3 is 0 Å². The van der Waals surface area contributed by atoms with Gasteiger partial charge < -0.3 is 15.7 Å². The molecule has 0 aliphatic heterocycles. The highest BCUT2D eigenvalue weighted by Crippen LogP contribution is 1.96. The van der Waals surface area contributed by atoms with E-state index in [1.807, 2.05) is 0 Å². The third-order valence-electron chi connectivity index (χ3n) is 1.13. The van der Waals surface area contributed by atoms with E-state index >= 15 is 0 Å². The third kappa shape index (κ3) is 2.17. The van der Waals surface area contributed by atoms with Gasteiger partial charge in [-0.1, -0.05) is 0 Å². The van der Waals surface area contributed by atoms with Crippen molar-refractivity contribution >= 4 is 31.3 Å². The molecule has 8 heteroatoms. The van der Waals surface area contributed by atoms with Gasteiger partial charge in [0.05, 0.1) is 0 Å². The molecule has 0 aliphatic rings.